The zero-order valence-electron chi connectivity index (χ0n) is 15.2. The van der Waals surface area contributed by atoms with Gasteiger partial charge in [-0.3, -0.25) is 4.79 Å². The number of nitrogens with one attached hydrogen (secondary N) is 2. The van der Waals surface area contributed by atoms with Crippen molar-refractivity contribution in [2.45, 2.75) is 11.7 Å². The van der Waals surface area contributed by atoms with Gasteiger partial charge in [0.15, 0.2) is 5.16 Å². The highest BCUT2D eigenvalue weighted by molar-refractivity contribution is 9.10. The van der Waals surface area contributed by atoms with Crippen LogP contribution in [0.4, 0.5) is 5.69 Å². The van der Waals surface area contributed by atoms with Gasteiger partial charge in [0.05, 0.1) is 17.6 Å². The van der Waals surface area contributed by atoms with Crippen LogP contribution >= 0.6 is 27.7 Å². The standard InChI is InChI=1S/C20H21BrN4OS/c1-25(2)17-9-3-14(4-10-17)11-22-19(26)13-27-20-23-12-18(24-20)15-5-7-16(21)8-6-15/h3-10,12H,11,13H2,1-2H3,(H,22,26)(H,23,24). The van der Waals surface area contributed by atoms with E-state index in [-0.39, 0.29) is 5.91 Å². The molecular weight excluding hydrogens is 424 g/mol. The quantitative estimate of drug-likeness (QED) is 0.532. The lowest BCUT2D eigenvalue weighted by Crippen LogP contribution is -2.24. The molecule has 5 nitrogen and oxygen atoms in total. The number of carbonyl (C=O) groups is 1. The van der Waals surface area contributed by atoms with Gasteiger partial charge in [0.2, 0.25) is 5.91 Å². The van der Waals surface area contributed by atoms with E-state index >= 15 is 0 Å². The number of thioether (sulfide) groups is 1. The van der Waals surface area contributed by atoms with Crippen molar-refractivity contribution in [1.82, 2.24) is 15.3 Å². The molecule has 0 unspecified atom stereocenters. The van der Waals surface area contributed by atoms with Gasteiger partial charge < -0.3 is 15.2 Å². The second-order valence-electron chi connectivity index (χ2n) is 6.24. The van der Waals surface area contributed by atoms with Crippen molar-refractivity contribution in [2.75, 3.05) is 24.7 Å². The monoisotopic (exact) mass is 444 g/mol. The maximum absolute atomic E-state index is 12.1. The van der Waals surface area contributed by atoms with E-state index in [1.165, 1.54) is 11.8 Å². The summed E-state index contributed by atoms with van der Waals surface area (Å²) in [6.45, 7) is 0.523. The van der Waals surface area contributed by atoms with Gasteiger partial charge in [-0.1, -0.05) is 52.0 Å². The highest BCUT2D eigenvalue weighted by Crippen LogP contribution is 2.23. The van der Waals surface area contributed by atoms with Gasteiger partial charge in [0, 0.05) is 30.8 Å². The average molecular weight is 445 g/mol. The first-order valence-corrected chi connectivity index (χ1v) is 10.3. The Bertz CT molecular complexity index is 891. The van der Waals surface area contributed by atoms with Crippen molar-refractivity contribution in [1.29, 1.82) is 0 Å². The maximum atomic E-state index is 12.1. The van der Waals surface area contributed by atoms with Gasteiger partial charge in [-0.25, -0.2) is 4.98 Å². The van der Waals surface area contributed by atoms with E-state index in [0.29, 0.717) is 12.3 Å². The van der Waals surface area contributed by atoms with Gasteiger partial charge in [-0.05, 0) is 35.4 Å². The van der Waals surface area contributed by atoms with E-state index in [1.54, 1.807) is 6.20 Å². The van der Waals surface area contributed by atoms with E-state index in [9.17, 15) is 4.79 Å². The highest BCUT2D eigenvalue weighted by Gasteiger charge is 2.07. The van der Waals surface area contributed by atoms with Crippen LogP contribution in [0.25, 0.3) is 11.3 Å². The molecule has 1 amide bonds. The number of hydrogen-bond acceptors (Lipinski definition) is 4. The number of amides is 1. The van der Waals surface area contributed by atoms with E-state index < -0.39 is 0 Å². The molecule has 0 saturated heterocycles. The van der Waals surface area contributed by atoms with Gasteiger partial charge in [0.25, 0.3) is 0 Å². The van der Waals surface area contributed by atoms with Crippen molar-refractivity contribution < 1.29 is 4.79 Å². The minimum atomic E-state index is -0.0155. The van der Waals surface area contributed by atoms with Crippen LogP contribution in [0.3, 0.4) is 0 Å². The number of hydrogen-bond donors (Lipinski definition) is 2. The summed E-state index contributed by atoms with van der Waals surface area (Å²) in [4.78, 5) is 21.7. The first-order valence-electron chi connectivity index (χ1n) is 8.48. The first-order chi connectivity index (χ1) is 13.0. The molecule has 140 valence electrons. The molecule has 0 aliphatic rings. The Morgan fingerprint density at radius 2 is 1.85 bits per heavy atom. The molecule has 0 fully saturated rings. The highest BCUT2D eigenvalue weighted by atomic mass is 79.9. The SMILES string of the molecule is CN(C)c1ccc(CNC(=O)CSc2ncc(-c3ccc(Br)cc3)[nH]2)cc1. The lowest BCUT2D eigenvalue weighted by atomic mass is 10.2. The Balaban J connectivity index is 1.47. The van der Waals surface area contributed by atoms with Crippen molar-refractivity contribution in [2.24, 2.45) is 0 Å². The Hall–Kier alpha value is -2.25. The molecule has 0 aliphatic carbocycles. The predicted octanol–water partition coefficient (Wildman–Crippen LogP) is 4.31. The minimum Gasteiger partial charge on any atom is -0.378 e. The third-order valence-electron chi connectivity index (χ3n) is 3.99. The number of halogens is 1. The van der Waals surface area contributed by atoms with Crippen LogP contribution in [0.2, 0.25) is 0 Å². The Morgan fingerprint density at radius 3 is 2.52 bits per heavy atom. The van der Waals surface area contributed by atoms with Crippen LogP contribution in [0.1, 0.15) is 5.56 Å². The van der Waals surface area contributed by atoms with E-state index in [0.717, 1.165) is 32.1 Å². The minimum absolute atomic E-state index is 0.0155. The van der Waals surface area contributed by atoms with Gasteiger partial charge in [-0.2, -0.15) is 0 Å². The van der Waals surface area contributed by atoms with Crippen molar-refractivity contribution in [3.63, 3.8) is 0 Å². The number of imidazole rings is 1. The molecule has 3 aromatic rings. The van der Waals surface area contributed by atoms with E-state index in [4.69, 9.17) is 0 Å². The second kappa shape index (κ2) is 9.10. The second-order valence-corrected chi connectivity index (χ2v) is 8.11. The molecule has 0 atom stereocenters. The maximum Gasteiger partial charge on any atom is 0.230 e. The van der Waals surface area contributed by atoms with Gasteiger partial charge in [0.1, 0.15) is 0 Å². The topological polar surface area (TPSA) is 61.0 Å². The number of benzene rings is 2. The number of aromatic nitrogens is 2. The van der Waals surface area contributed by atoms with E-state index in [2.05, 4.69) is 31.2 Å². The smallest absolute Gasteiger partial charge is 0.230 e. The summed E-state index contributed by atoms with van der Waals surface area (Å²) >= 11 is 4.82. The zero-order valence-corrected chi connectivity index (χ0v) is 17.6. The number of carbonyl (C=O) groups excluding carboxylic acids is 1. The van der Waals surface area contributed by atoms with Crippen LogP contribution < -0.4 is 10.2 Å². The summed E-state index contributed by atoms with van der Waals surface area (Å²) in [6.07, 6.45) is 1.79. The van der Waals surface area contributed by atoms with Crippen molar-refractivity contribution in [3.05, 3.63) is 64.8 Å². The normalized spacial score (nSPS) is 10.6. The molecule has 7 heteroatoms. The van der Waals surface area contributed by atoms with Gasteiger partial charge >= 0.3 is 0 Å². The molecule has 0 radical (unpaired) electrons. The number of anilines is 1. The van der Waals surface area contributed by atoms with E-state index in [1.807, 2.05) is 67.5 Å². The van der Waals surface area contributed by atoms with Gasteiger partial charge in [-0.15, -0.1) is 0 Å². The Kier molecular flexibility index (Phi) is 6.58. The number of H-pyrrole nitrogens is 1. The number of rotatable bonds is 7. The molecule has 1 heterocycles. The predicted molar refractivity (Wildman–Crippen MR) is 115 cm³/mol. The summed E-state index contributed by atoms with van der Waals surface area (Å²) in [7, 11) is 4.01. The third-order valence-corrected chi connectivity index (χ3v) is 5.41. The summed E-state index contributed by atoms with van der Waals surface area (Å²) in [5.41, 5.74) is 4.21. The summed E-state index contributed by atoms with van der Waals surface area (Å²) in [6, 6.07) is 16.1. The molecule has 0 saturated carbocycles. The number of nitrogens with zero attached hydrogens (tertiary/aromatic N) is 2. The molecule has 0 spiro atoms. The Morgan fingerprint density at radius 1 is 1.15 bits per heavy atom. The molecular formula is C20H21BrN4OS. The molecule has 0 aliphatic heterocycles. The Labute approximate surface area is 171 Å². The zero-order chi connectivity index (χ0) is 19.2. The average Bonchev–Trinajstić information content (AvgIpc) is 3.14. The van der Waals surface area contributed by atoms with Crippen LogP contribution in [0, 0.1) is 0 Å². The molecule has 2 N–H and O–H groups in total. The first kappa shape index (κ1) is 19.5. The molecule has 27 heavy (non-hydrogen) atoms. The number of aromatic amines is 1. The summed E-state index contributed by atoms with van der Waals surface area (Å²) in [5, 5.41) is 3.68. The fourth-order valence-corrected chi connectivity index (χ4v) is 3.39. The lowest BCUT2D eigenvalue weighted by Gasteiger charge is -2.12. The lowest BCUT2D eigenvalue weighted by molar-refractivity contribution is -0.118. The van der Waals surface area contributed by atoms with Crippen molar-refractivity contribution >= 4 is 39.3 Å². The van der Waals surface area contributed by atoms with Crippen molar-refractivity contribution in [3.8, 4) is 11.3 Å². The summed E-state index contributed by atoms with van der Waals surface area (Å²) in [5.74, 6) is 0.307. The fraction of sp³-hybridized carbons (Fsp3) is 0.200. The molecule has 0 bridgehead atoms. The van der Waals surface area contributed by atoms with Crippen LogP contribution in [-0.4, -0.2) is 35.7 Å². The summed E-state index contributed by atoms with van der Waals surface area (Å²) < 4.78 is 1.04. The fourth-order valence-electron chi connectivity index (χ4n) is 2.45. The molecule has 1 aromatic heterocycles. The van der Waals surface area contributed by atoms with Crippen LogP contribution in [0.15, 0.2) is 64.4 Å². The largest absolute Gasteiger partial charge is 0.378 e. The van der Waals surface area contributed by atoms with Crippen LogP contribution in [0.5, 0.6) is 0 Å². The molecule has 2 aromatic carbocycles. The molecule has 3 rings (SSSR count). The van der Waals surface area contributed by atoms with Crippen LogP contribution in [-0.2, 0) is 11.3 Å². The third kappa shape index (κ3) is 5.61.